The second-order valence-corrected chi connectivity index (χ2v) is 8.65. The van der Waals surface area contributed by atoms with Crippen LogP contribution >= 0.6 is 0 Å². The standard InChI is InChI=1S/C19H24N2O3S2.2C2H6/c1-3-8-16-14(4-2)11-12-17(16)20-19(22)13-18(21-26(23,24)25)15-9-6-5-7-10-15;2*1-2/h3-10,17-18,21H,2,11-13H2,1H3,(H,20,22)(H,23,24,25);2*1-2H3/b8-3-;;/t17-,18-;;/m1../s1. The van der Waals surface area contributed by atoms with Crippen LogP contribution in [-0.4, -0.2) is 20.7 Å². The van der Waals surface area contributed by atoms with E-state index in [1.165, 1.54) is 0 Å². The smallest absolute Gasteiger partial charge is 0.222 e. The first-order chi connectivity index (χ1) is 14.3. The molecule has 3 atom stereocenters. The molecule has 0 aromatic heterocycles. The molecule has 1 aromatic rings. The van der Waals surface area contributed by atoms with Crippen molar-refractivity contribution in [1.82, 2.24) is 10.0 Å². The first-order valence-electron chi connectivity index (χ1n) is 10.4. The molecule has 0 spiro atoms. The summed E-state index contributed by atoms with van der Waals surface area (Å²) in [6.45, 7) is 13.8. The molecule has 5 nitrogen and oxygen atoms in total. The van der Waals surface area contributed by atoms with Gasteiger partial charge in [0.05, 0.1) is 12.1 Å². The van der Waals surface area contributed by atoms with Gasteiger partial charge in [-0.05, 0) is 36.5 Å². The minimum absolute atomic E-state index is 0.0151. The van der Waals surface area contributed by atoms with E-state index in [1.54, 1.807) is 12.1 Å². The maximum Gasteiger partial charge on any atom is 0.222 e. The fourth-order valence-corrected chi connectivity index (χ4v) is 4.05. The maximum absolute atomic E-state index is 12.6. The summed E-state index contributed by atoms with van der Waals surface area (Å²) in [4.78, 5) is 12.6. The lowest BCUT2D eigenvalue weighted by molar-refractivity contribution is -0.122. The third-order valence-corrected chi connectivity index (χ3v) is 5.13. The largest absolute Gasteiger partial charge is 0.349 e. The molecule has 0 radical (unpaired) electrons. The summed E-state index contributed by atoms with van der Waals surface area (Å²) in [5.74, 6) is -0.206. The molecule has 1 aliphatic rings. The zero-order valence-corrected chi connectivity index (χ0v) is 20.3. The second kappa shape index (κ2) is 15.1. The van der Waals surface area contributed by atoms with Crippen LogP contribution in [0.15, 0.2) is 66.3 Å². The molecule has 2 rings (SSSR count). The Morgan fingerprint density at radius 2 is 1.90 bits per heavy atom. The van der Waals surface area contributed by atoms with Crippen LogP contribution < -0.4 is 10.0 Å². The Hall–Kier alpha value is -1.80. The summed E-state index contributed by atoms with van der Waals surface area (Å²) < 4.78 is 23.6. The first-order valence-corrected chi connectivity index (χ1v) is 12.8. The quantitative estimate of drug-likeness (QED) is 0.504. The molecule has 3 N–H and O–H groups in total. The zero-order chi connectivity index (χ0) is 23.2. The minimum Gasteiger partial charge on any atom is -0.349 e. The van der Waals surface area contributed by atoms with Crippen LogP contribution in [0.1, 0.15) is 65.5 Å². The highest BCUT2D eigenvalue weighted by molar-refractivity contribution is 8.28. The van der Waals surface area contributed by atoms with Crippen molar-refractivity contribution in [3.05, 3.63) is 71.8 Å². The lowest BCUT2D eigenvalue weighted by Crippen LogP contribution is -2.38. The van der Waals surface area contributed by atoms with Gasteiger partial charge in [-0.15, -0.1) is 0 Å². The van der Waals surface area contributed by atoms with Gasteiger partial charge in [0.15, 0.2) is 0 Å². The van der Waals surface area contributed by atoms with Crippen molar-refractivity contribution >= 4 is 26.1 Å². The molecule has 0 aliphatic heterocycles. The monoisotopic (exact) mass is 452 g/mol. The number of carbonyl (C=O) groups is 1. The SMILES string of the molecule is C=CC1=C(/C=C\C)[C@H](NC(=O)C[C@@H](NS(=O)(O)=S)c2ccccc2)CC1.CC.CC. The van der Waals surface area contributed by atoms with Crippen molar-refractivity contribution in [3.8, 4) is 0 Å². The van der Waals surface area contributed by atoms with E-state index >= 15 is 0 Å². The van der Waals surface area contributed by atoms with Gasteiger partial charge >= 0.3 is 0 Å². The number of hydrogen-bond donors (Lipinski definition) is 3. The van der Waals surface area contributed by atoms with Crippen molar-refractivity contribution in [1.29, 1.82) is 0 Å². The van der Waals surface area contributed by atoms with Crippen molar-refractivity contribution in [2.45, 2.75) is 66.0 Å². The Balaban J connectivity index is 0.00000198. The number of allylic oxidation sites excluding steroid dienone is 3. The molecule has 1 unspecified atom stereocenters. The summed E-state index contributed by atoms with van der Waals surface area (Å²) in [6.07, 6.45) is 7.45. The second-order valence-electron chi connectivity index (χ2n) is 6.10. The summed E-state index contributed by atoms with van der Waals surface area (Å²) in [5.41, 5.74) is 2.93. The van der Waals surface area contributed by atoms with Gasteiger partial charge in [-0.1, -0.05) is 82.8 Å². The molecular formula is C23H36N2O3S2. The Bertz CT molecular complexity index is 816. The molecule has 0 heterocycles. The van der Waals surface area contributed by atoms with Crippen LogP contribution in [0.3, 0.4) is 0 Å². The lowest BCUT2D eigenvalue weighted by atomic mass is 10.0. The number of hydrogen-bond acceptors (Lipinski definition) is 3. The summed E-state index contributed by atoms with van der Waals surface area (Å²) >= 11 is 4.55. The van der Waals surface area contributed by atoms with E-state index in [-0.39, 0.29) is 18.4 Å². The summed E-state index contributed by atoms with van der Waals surface area (Å²) in [6, 6.07) is 8.33. The Morgan fingerprint density at radius 1 is 1.30 bits per heavy atom. The van der Waals surface area contributed by atoms with Crippen LogP contribution in [0.2, 0.25) is 0 Å². The minimum atomic E-state index is -3.61. The van der Waals surface area contributed by atoms with E-state index in [0.717, 1.165) is 29.6 Å². The Kier molecular flexibility index (Phi) is 14.2. The van der Waals surface area contributed by atoms with Crippen LogP contribution in [0.25, 0.3) is 0 Å². The van der Waals surface area contributed by atoms with Crippen LogP contribution in [0.5, 0.6) is 0 Å². The van der Waals surface area contributed by atoms with Gasteiger partial charge < -0.3 is 5.32 Å². The van der Waals surface area contributed by atoms with E-state index in [0.29, 0.717) is 0 Å². The summed E-state index contributed by atoms with van der Waals surface area (Å²) in [7, 11) is -3.61. The topological polar surface area (TPSA) is 78.4 Å². The van der Waals surface area contributed by atoms with Gasteiger partial charge in [0, 0.05) is 17.6 Å². The van der Waals surface area contributed by atoms with Crippen LogP contribution in [-0.2, 0) is 24.9 Å². The zero-order valence-electron chi connectivity index (χ0n) is 18.7. The van der Waals surface area contributed by atoms with Crippen LogP contribution in [0.4, 0.5) is 0 Å². The molecule has 1 aromatic carbocycles. The van der Waals surface area contributed by atoms with Crippen molar-refractivity contribution in [2.24, 2.45) is 0 Å². The Morgan fingerprint density at radius 3 is 2.40 bits per heavy atom. The first kappa shape index (κ1) is 28.2. The summed E-state index contributed by atoms with van der Waals surface area (Å²) in [5, 5.41) is 3.02. The van der Waals surface area contributed by atoms with Crippen molar-refractivity contribution < 1.29 is 13.6 Å². The highest BCUT2D eigenvalue weighted by atomic mass is 32.8. The molecular weight excluding hydrogens is 416 g/mol. The molecule has 1 amide bonds. The maximum atomic E-state index is 12.6. The predicted octanol–water partition coefficient (Wildman–Crippen LogP) is 5.23. The van der Waals surface area contributed by atoms with E-state index in [2.05, 4.69) is 27.8 Å². The average molecular weight is 453 g/mol. The fraction of sp³-hybridized carbons (Fsp3) is 0.435. The van der Waals surface area contributed by atoms with Crippen molar-refractivity contribution in [2.75, 3.05) is 0 Å². The number of amides is 1. The molecule has 0 saturated carbocycles. The van der Waals surface area contributed by atoms with Crippen LogP contribution in [0, 0.1) is 0 Å². The van der Waals surface area contributed by atoms with E-state index in [1.807, 2.05) is 71.0 Å². The van der Waals surface area contributed by atoms with Gasteiger partial charge in [-0.2, -0.15) is 0 Å². The molecule has 0 bridgehead atoms. The number of nitrogens with one attached hydrogen (secondary N) is 2. The molecule has 7 heteroatoms. The van der Waals surface area contributed by atoms with Gasteiger partial charge in [0.1, 0.15) is 0 Å². The number of rotatable bonds is 8. The average Bonchev–Trinajstić information content (AvgIpc) is 3.12. The molecule has 0 saturated heterocycles. The molecule has 0 fully saturated rings. The molecule has 30 heavy (non-hydrogen) atoms. The molecule has 168 valence electrons. The van der Waals surface area contributed by atoms with Crippen molar-refractivity contribution in [3.63, 3.8) is 0 Å². The van der Waals surface area contributed by atoms with Gasteiger partial charge in [-0.3, -0.25) is 9.35 Å². The number of benzene rings is 1. The highest BCUT2D eigenvalue weighted by Gasteiger charge is 2.26. The van der Waals surface area contributed by atoms with E-state index in [4.69, 9.17) is 0 Å². The van der Waals surface area contributed by atoms with Gasteiger partial charge in [0.2, 0.25) is 14.9 Å². The highest BCUT2D eigenvalue weighted by Crippen LogP contribution is 2.28. The van der Waals surface area contributed by atoms with Gasteiger partial charge in [-0.25, -0.2) is 8.93 Å². The third-order valence-electron chi connectivity index (χ3n) is 4.26. The molecule has 1 aliphatic carbocycles. The number of carbonyl (C=O) groups excluding carboxylic acids is 1. The van der Waals surface area contributed by atoms with E-state index in [9.17, 15) is 13.6 Å². The normalized spacial score (nSPS) is 18.4. The predicted molar refractivity (Wildman–Crippen MR) is 131 cm³/mol. The van der Waals surface area contributed by atoms with E-state index < -0.39 is 15.0 Å². The fourth-order valence-electron chi connectivity index (χ4n) is 3.13. The third kappa shape index (κ3) is 9.80. The van der Waals surface area contributed by atoms with Gasteiger partial charge in [0.25, 0.3) is 0 Å². The Labute approximate surface area is 187 Å². The lowest BCUT2D eigenvalue weighted by Gasteiger charge is -2.20.